The molecule has 1 saturated heterocycles. The molecular weight excluding hydrogens is 264 g/mol. The van der Waals surface area contributed by atoms with Crippen LogP contribution in [0.25, 0.3) is 0 Å². The average Bonchev–Trinajstić information content (AvgIpc) is 2.46. The fourth-order valence-corrected chi connectivity index (χ4v) is 1.94. The van der Waals surface area contributed by atoms with Crippen LogP contribution in [0.1, 0.15) is 16.8 Å². The summed E-state index contributed by atoms with van der Waals surface area (Å²) in [5.41, 5.74) is 0.716. The minimum absolute atomic E-state index is 0.192. The molecule has 1 aromatic rings. The Kier molecular flexibility index (Phi) is 3.88. The van der Waals surface area contributed by atoms with Crippen LogP contribution >= 0.6 is 0 Å². The van der Waals surface area contributed by atoms with Crippen LogP contribution in [-0.2, 0) is 9.53 Å². The number of nitrogens with one attached hydrogen (secondary N) is 1. The van der Waals surface area contributed by atoms with E-state index in [-0.39, 0.29) is 18.9 Å². The third-order valence-electron chi connectivity index (χ3n) is 2.94. The highest BCUT2D eigenvalue weighted by Crippen LogP contribution is 2.30. The van der Waals surface area contributed by atoms with E-state index in [1.54, 1.807) is 12.1 Å². The molecule has 20 heavy (non-hydrogen) atoms. The SMILES string of the molecule is COC(=O)c1ccc(OC)c(N2CCC(=O)NC2=O)c1. The predicted octanol–water partition coefficient (Wildman–Crippen LogP) is 0.928. The number of hydrogen-bond acceptors (Lipinski definition) is 5. The van der Waals surface area contributed by atoms with Gasteiger partial charge in [0.1, 0.15) is 5.75 Å². The second-order valence-corrected chi connectivity index (χ2v) is 4.13. The summed E-state index contributed by atoms with van der Waals surface area (Å²) in [6.07, 6.45) is 0.192. The first-order valence-corrected chi connectivity index (χ1v) is 5.94. The largest absolute Gasteiger partial charge is 0.495 e. The van der Waals surface area contributed by atoms with Crippen molar-refractivity contribution < 1.29 is 23.9 Å². The molecule has 0 unspecified atom stereocenters. The van der Waals surface area contributed by atoms with Crippen LogP contribution in [-0.4, -0.2) is 38.7 Å². The number of nitrogens with zero attached hydrogens (tertiary/aromatic N) is 1. The number of urea groups is 1. The van der Waals surface area contributed by atoms with E-state index < -0.39 is 12.0 Å². The Morgan fingerprint density at radius 1 is 1.30 bits per heavy atom. The highest BCUT2D eigenvalue weighted by atomic mass is 16.5. The van der Waals surface area contributed by atoms with Crippen molar-refractivity contribution in [2.45, 2.75) is 6.42 Å². The number of methoxy groups -OCH3 is 2. The molecule has 2 rings (SSSR count). The molecule has 0 radical (unpaired) electrons. The van der Waals surface area contributed by atoms with Gasteiger partial charge in [0.15, 0.2) is 0 Å². The van der Waals surface area contributed by atoms with Crippen LogP contribution in [0, 0.1) is 0 Å². The minimum Gasteiger partial charge on any atom is -0.495 e. The van der Waals surface area contributed by atoms with E-state index in [0.717, 1.165) is 0 Å². The van der Waals surface area contributed by atoms with E-state index in [4.69, 9.17) is 4.74 Å². The molecule has 0 spiro atoms. The van der Waals surface area contributed by atoms with Crippen molar-refractivity contribution in [2.75, 3.05) is 25.7 Å². The molecule has 0 aliphatic carbocycles. The highest BCUT2D eigenvalue weighted by molar-refractivity contribution is 6.06. The highest BCUT2D eigenvalue weighted by Gasteiger charge is 2.27. The van der Waals surface area contributed by atoms with E-state index in [1.807, 2.05) is 0 Å². The topological polar surface area (TPSA) is 84.9 Å². The van der Waals surface area contributed by atoms with Crippen LogP contribution in [0.4, 0.5) is 10.5 Å². The number of benzene rings is 1. The molecule has 1 aliphatic rings. The molecule has 0 saturated carbocycles. The molecule has 7 heteroatoms. The third-order valence-corrected chi connectivity index (χ3v) is 2.94. The predicted molar refractivity (Wildman–Crippen MR) is 69.8 cm³/mol. The Bertz CT molecular complexity index is 570. The lowest BCUT2D eigenvalue weighted by Gasteiger charge is -2.28. The molecule has 0 atom stereocenters. The summed E-state index contributed by atoms with van der Waals surface area (Å²) in [5, 5.41) is 2.22. The molecule has 1 heterocycles. The average molecular weight is 278 g/mol. The molecule has 3 amide bonds. The van der Waals surface area contributed by atoms with Gasteiger partial charge < -0.3 is 9.47 Å². The third kappa shape index (κ3) is 2.56. The fraction of sp³-hybridized carbons (Fsp3) is 0.308. The first-order valence-electron chi connectivity index (χ1n) is 5.94. The first-order chi connectivity index (χ1) is 9.56. The summed E-state index contributed by atoms with van der Waals surface area (Å²) < 4.78 is 9.83. The number of rotatable bonds is 3. The molecular formula is C13H14N2O5. The van der Waals surface area contributed by atoms with Gasteiger partial charge in [-0.2, -0.15) is 0 Å². The Morgan fingerprint density at radius 3 is 2.65 bits per heavy atom. The number of carbonyl (C=O) groups is 3. The van der Waals surface area contributed by atoms with Gasteiger partial charge in [-0.15, -0.1) is 0 Å². The van der Waals surface area contributed by atoms with Crippen LogP contribution in [0.2, 0.25) is 0 Å². The van der Waals surface area contributed by atoms with Crippen molar-refractivity contribution in [2.24, 2.45) is 0 Å². The lowest BCUT2D eigenvalue weighted by molar-refractivity contribution is -0.120. The first kappa shape index (κ1) is 13.9. The van der Waals surface area contributed by atoms with Crippen LogP contribution in [0.5, 0.6) is 5.75 Å². The van der Waals surface area contributed by atoms with Gasteiger partial charge in [0.25, 0.3) is 0 Å². The van der Waals surface area contributed by atoms with E-state index in [2.05, 4.69) is 10.1 Å². The molecule has 7 nitrogen and oxygen atoms in total. The smallest absolute Gasteiger partial charge is 0.337 e. The number of esters is 1. The number of hydrogen-bond donors (Lipinski definition) is 1. The molecule has 0 aromatic heterocycles. The monoisotopic (exact) mass is 278 g/mol. The van der Waals surface area contributed by atoms with E-state index in [1.165, 1.54) is 25.2 Å². The summed E-state index contributed by atoms with van der Waals surface area (Å²) in [6.45, 7) is 0.228. The van der Waals surface area contributed by atoms with Crippen LogP contribution < -0.4 is 15.0 Å². The summed E-state index contributed by atoms with van der Waals surface area (Å²) >= 11 is 0. The molecule has 1 N–H and O–H groups in total. The minimum atomic E-state index is -0.540. The number of anilines is 1. The zero-order chi connectivity index (χ0) is 14.7. The Balaban J connectivity index is 2.40. The number of imide groups is 1. The molecule has 1 aliphatic heterocycles. The lowest BCUT2D eigenvalue weighted by Crippen LogP contribution is -2.49. The standard InChI is InChI=1S/C13H14N2O5/c1-19-10-4-3-8(12(17)20-2)7-9(10)15-6-5-11(16)14-13(15)18/h3-4,7H,5-6H2,1-2H3,(H,14,16,18). The van der Waals surface area contributed by atoms with E-state index >= 15 is 0 Å². The van der Waals surface area contributed by atoms with Crippen molar-refractivity contribution >= 4 is 23.6 Å². The van der Waals surface area contributed by atoms with Crippen molar-refractivity contribution in [3.63, 3.8) is 0 Å². The van der Waals surface area contributed by atoms with E-state index in [9.17, 15) is 14.4 Å². The molecule has 0 bridgehead atoms. The molecule has 1 fully saturated rings. The number of carbonyl (C=O) groups excluding carboxylic acids is 3. The van der Waals surface area contributed by atoms with Gasteiger partial charge in [-0.25, -0.2) is 9.59 Å². The van der Waals surface area contributed by atoms with Gasteiger partial charge in [0.2, 0.25) is 5.91 Å². The van der Waals surface area contributed by atoms with Gasteiger partial charge in [0.05, 0.1) is 25.5 Å². The normalized spacial score (nSPS) is 14.8. The van der Waals surface area contributed by atoms with Crippen molar-refractivity contribution in [3.8, 4) is 5.75 Å². The second-order valence-electron chi connectivity index (χ2n) is 4.13. The van der Waals surface area contributed by atoms with Crippen molar-refractivity contribution in [1.82, 2.24) is 5.32 Å². The number of amides is 3. The van der Waals surface area contributed by atoms with Crippen LogP contribution in [0.15, 0.2) is 18.2 Å². The van der Waals surface area contributed by atoms with Gasteiger partial charge in [0, 0.05) is 13.0 Å². The summed E-state index contributed by atoms with van der Waals surface area (Å²) in [4.78, 5) is 35.9. The molecule has 106 valence electrons. The Labute approximate surface area is 115 Å². The maximum atomic E-state index is 11.8. The number of ether oxygens (including phenoxy) is 2. The van der Waals surface area contributed by atoms with Gasteiger partial charge in [-0.3, -0.25) is 15.0 Å². The summed E-state index contributed by atoms with van der Waals surface area (Å²) in [6, 6.07) is 4.08. The zero-order valence-electron chi connectivity index (χ0n) is 11.1. The Morgan fingerprint density at radius 2 is 2.05 bits per heavy atom. The lowest BCUT2D eigenvalue weighted by atomic mass is 10.1. The summed E-state index contributed by atoms with van der Waals surface area (Å²) in [7, 11) is 2.74. The maximum absolute atomic E-state index is 11.8. The maximum Gasteiger partial charge on any atom is 0.337 e. The van der Waals surface area contributed by atoms with Crippen molar-refractivity contribution in [1.29, 1.82) is 0 Å². The van der Waals surface area contributed by atoms with Gasteiger partial charge in [-0.05, 0) is 18.2 Å². The summed E-state index contributed by atoms with van der Waals surface area (Å²) in [5.74, 6) is -0.404. The zero-order valence-corrected chi connectivity index (χ0v) is 11.1. The Hall–Kier alpha value is -2.57. The fourth-order valence-electron chi connectivity index (χ4n) is 1.94. The quantitative estimate of drug-likeness (QED) is 0.831. The van der Waals surface area contributed by atoms with Crippen LogP contribution in [0.3, 0.4) is 0 Å². The van der Waals surface area contributed by atoms with E-state index in [0.29, 0.717) is 17.0 Å². The van der Waals surface area contributed by atoms with Gasteiger partial charge >= 0.3 is 12.0 Å². The van der Waals surface area contributed by atoms with Gasteiger partial charge in [-0.1, -0.05) is 0 Å². The molecule has 1 aromatic carbocycles. The second kappa shape index (κ2) is 5.60. The van der Waals surface area contributed by atoms with Crippen molar-refractivity contribution in [3.05, 3.63) is 23.8 Å².